The smallest absolute Gasteiger partial charge is 0.337 e. The van der Waals surface area contributed by atoms with E-state index in [4.69, 9.17) is 9.47 Å². The Balaban J connectivity index is 2.17. The van der Waals surface area contributed by atoms with Gasteiger partial charge in [-0.3, -0.25) is 0 Å². The van der Waals surface area contributed by atoms with E-state index in [2.05, 4.69) is 4.90 Å². The lowest BCUT2D eigenvalue weighted by Gasteiger charge is -2.13. The zero-order chi connectivity index (χ0) is 18.2. The maximum Gasteiger partial charge on any atom is 0.337 e. The minimum Gasteiger partial charge on any atom is -0.493 e. The van der Waals surface area contributed by atoms with Crippen LogP contribution >= 0.6 is 11.3 Å². The highest BCUT2D eigenvalue weighted by molar-refractivity contribution is 7.11. The zero-order valence-electron chi connectivity index (χ0n) is 14.7. The minimum absolute atomic E-state index is 0.261. The topological polar surface area (TPSA) is 59.0 Å². The quantitative estimate of drug-likeness (QED) is 0.545. The van der Waals surface area contributed by atoms with Crippen molar-refractivity contribution in [2.45, 2.75) is 6.42 Å². The van der Waals surface area contributed by atoms with E-state index in [0.717, 1.165) is 23.4 Å². The van der Waals surface area contributed by atoms with Crippen molar-refractivity contribution in [1.29, 1.82) is 0 Å². The van der Waals surface area contributed by atoms with Gasteiger partial charge < -0.3 is 19.5 Å². The SMILES string of the molecule is COc1cc(/C=C(\C(=O)O)c2cccs2)ccc1OCCCN(C)C. The molecule has 0 bridgehead atoms. The highest BCUT2D eigenvalue weighted by Crippen LogP contribution is 2.30. The number of rotatable bonds is 9. The number of carbonyl (C=O) groups is 1. The minimum atomic E-state index is -0.953. The first kappa shape index (κ1) is 19.0. The molecule has 1 N–H and O–H groups in total. The number of hydrogen-bond donors (Lipinski definition) is 1. The van der Waals surface area contributed by atoms with Gasteiger partial charge in [0.1, 0.15) is 0 Å². The molecule has 2 rings (SSSR count). The van der Waals surface area contributed by atoms with Crippen molar-refractivity contribution in [2.75, 3.05) is 34.4 Å². The molecular weight excluding hydrogens is 338 g/mol. The lowest BCUT2D eigenvalue weighted by molar-refractivity contribution is -0.130. The molecule has 6 heteroatoms. The van der Waals surface area contributed by atoms with Crippen molar-refractivity contribution in [3.63, 3.8) is 0 Å². The molecule has 0 amide bonds. The molecule has 0 radical (unpaired) electrons. The van der Waals surface area contributed by atoms with Crippen molar-refractivity contribution < 1.29 is 19.4 Å². The van der Waals surface area contributed by atoms with E-state index in [9.17, 15) is 9.90 Å². The van der Waals surface area contributed by atoms with Gasteiger partial charge in [0.15, 0.2) is 11.5 Å². The zero-order valence-corrected chi connectivity index (χ0v) is 15.5. The Hall–Kier alpha value is -2.31. The summed E-state index contributed by atoms with van der Waals surface area (Å²) in [6.45, 7) is 1.55. The average Bonchev–Trinajstić information content (AvgIpc) is 3.10. The molecule has 1 aromatic carbocycles. The van der Waals surface area contributed by atoms with Gasteiger partial charge in [-0.2, -0.15) is 0 Å². The number of benzene rings is 1. The molecule has 25 heavy (non-hydrogen) atoms. The summed E-state index contributed by atoms with van der Waals surface area (Å²) in [7, 11) is 5.62. The number of carboxylic acid groups (broad SMARTS) is 1. The van der Waals surface area contributed by atoms with Crippen LogP contribution in [0.5, 0.6) is 11.5 Å². The molecule has 1 heterocycles. The van der Waals surface area contributed by atoms with Gasteiger partial charge in [0, 0.05) is 11.4 Å². The number of hydrogen-bond acceptors (Lipinski definition) is 5. The molecule has 0 saturated carbocycles. The van der Waals surface area contributed by atoms with Gasteiger partial charge in [-0.25, -0.2) is 4.79 Å². The third-order valence-corrected chi connectivity index (χ3v) is 4.43. The predicted octanol–water partition coefficient (Wildman–Crippen LogP) is 3.71. The van der Waals surface area contributed by atoms with Crippen molar-refractivity contribution in [2.24, 2.45) is 0 Å². The summed E-state index contributed by atoms with van der Waals surface area (Å²) in [5, 5.41) is 11.3. The lowest BCUT2D eigenvalue weighted by atomic mass is 10.1. The standard InChI is InChI=1S/C19H23NO4S/c1-20(2)9-5-10-24-16-8-7-14(13-17(16)23-3)12-15(19(21)22)18-6-4-11-25-18/h4,6-8,11-13H,5,9-10H2,1-3H3,(H,21,22)/b15-12-. The number of aliphatic carboxylic acids is 1. The summed E-state index contributed by atoms with van der Waals surface area (Å²) in [6, 6.07) is 9.07. The van der Waals surface area contributed by atoms with Crippen LogP contribution in [0.15, 0.2) is 35.7 Å². The highest BCUT2D eigenvalue weighted by atomic mass is 32.1. The molecule has 5 nitrogen and oxygen atoms in total. The number of methoxy groups -OCH3 is 1. The Morgan fingerprint density at radius 3 is 2.68 bits per heavy atom. The first-order chi connectivity index (χ1) is 12.0. The predicted molar refractivity (Wildman–Crippen MR) is 101 cm³/mol. The van der Waals surface area contributed by atoms with Crippen LogP contribution in [0.3, 0.4) is 0 Å². The molecule has 0 fully saturated rings. The number of carboxylic acids is 1. The van der Waals surface area contributed by atoms with Crippen LogP contribution in [0.1, 0.15) is 16.9 Å². The van der Waals surface area contributed by atoms with Crippen LogP contribution in [-0.4, -0.2) is 50.3 Å². The Bertz CT molecular complexity index is 723. The average molecular weight is 361 g/mol. The summed E-state index contributed by atoms with van der Waals surface area (Å²) in [5.41, 5.74) is 1.01. The fraction of sp³-hybridized carbons (Fsp3) is 0.316. The van der Waals surface area contributed by atoms with E-state index >= 15 is 0 Å². The fourth-order valence-corrected chi connectivity index (χ4v) is 3.03. The number of nitrogens with zero attached hydrogens (tertiary/aromatic N) is 1. The van der Waals surface area contributed by atoms with Gasteiger partial charge in [0.2, 0.25) is 0 Å². The van der Waals surface area contributed by atoms with Crippen LogP contribution in [-0.2, 0) is 4.79 Å². The Morgan fingerprint density at radius 2 is 2.08 bits per heavy atom. The van der Waals surface area contributed by atoms with Gasteiger partial charge in [-0.1, -0.05) is 12.1 Å². The third kappa shape index (κ3) is 5.62. The summed E-state index contributed by atoms with van der Waals surface area (Å²) in [5.74, 6) is 0.298. The summed E-state index contributed by atoms with van der Waals surface area (Å²) >= 11 is 1.40. The lowest BCUT2D eigenvalue weighted by Crippen LogP contribution is -2.15. The van der Waals surface area contributed by atoms with Crippen LogP contribution in [0.2, 0.25) is 0 Å². The number of ether oxygens (including phenoxy) is 2. The summed E-state index contributed by atoms with van der Waals surface area (Å²) in [6.07, 6.45) is 2.56. The fourth-order valence-electron chi connectivity index (χ4n) is 2.29. The monoisotopic (exact) mass is 361 g/mol. The Morgan fingerprint density at radius 1 is 1.28 bits per heavy atom. The first-order valence-electron chi connectivity index (χ1n) is 7.95. The normalized spacial score (nSPS) is 11.6. The molecule has 0 aliphatic carbocycles. The molecule has 0 saturated heterocycles. The van der Waals surface area contributed by atoms with Gasteiger partial charge in [-0.15, -0.1) is 11.3 Å². The van der Waals surface area contributed by atoms with E-state index in [1.165, 1.54) is 11.3 Å². The van der Waals surface area contributed by atoms with Crippen molar-refractivity contribution >= 4 is 29.0 Å². The van der Waals surface area contributed by atoms with Crippen molar-refractivity contribution in [3.8, 4) is 11.5 Å². The Kier molecular flexibility index (Phi) is 7.03. The van der Waals surface area contributed by atoms with Gasteiger partial charge in [0.25, 0.3) is 0 Å². The highest BCUT2D eigenvalue weighted by Gasteiger charge is 2.12. The molecule has 0 atom stereocenters. The summed E-state index contributed by atoms with van der Waals surface area (Å²) < 4.78 is 11.2. The van der Waals surface area contributed by atoms with Gasteiger partial charge >= 0.3 is 5.97 Å². The van der Waals surface area contributed by atoms with E-state index < -0.39 is 5.97 Å². The molecule has 0 unspecified atom stereocenters. The van der Waals surface area contributed by atoms with Crippen LogP contribution in [0.25, 0.3) is 11.6 Å². The van der Waals surface area contributed by atoms with E-state index in [1.54, 1.807) is 25.3 Å². The molecule has 134 valence electrons. The first-order valence-corrected chi connectivity index (χ1v) is 8.83. The second kappa shape index (κ2) is 9.25. The largest absolute Gasteiger partial charge is 0.493 e. The third-order valence-electron chi connectivity index (χ3n) is 3.52. The van der Waals surface area contributed by atoms with Crippen molar-refractivity contribution in [1.82, 2.24) is 4.90 Å². The van der Waals surface area contributed by atoms with E-state index in [-0.39, 0.29) is 5.57 Å². The second-order valence-electron chi connectivity index (χ2n) is 5.76. The van der Waals surface area contributed by atoms with Gasteiger partial charge in [0.05, 0.1) is 19.3 Å². The molecule has 0 aliphatic rings. The van der Waals surface area contributed by atoms with E-state index in [0.29, 0.717) is 18.1 Å². The molecular formula is C19H23NO4S. The van der Waals surface area contributed by atoms with E-state index in [1.807, 2.05) is 37.7 Å². The number of thiophene rings is 1. The summed E-state index contributed by atoms with van der Waals surface area (Å²) in [4.78, 5) is 14.4. The van der Waals surface area contributed by atoms with Crippen molar-refractivity contribution in [3.05, 3.63) is 46.2 Å². The molecule has 0 spiro atoms. The second-order valence-corrected chi connectivity index (χ2v) is 6.70. The maximum atomic E-state index is 11.5. The molecule has 0 aliphatic heterocycles. The molecule has 1 aromatic heterocycles. The van der Waals surface area contributed by atoms with Crippen LogP contribution in [0, 0.1) is 0 Å². The molecule has 2 aromatic rings. The van der Waals surface area contributed by atoms with Crippen LogP contribution < -0.4 is 9.47 Å². The van der Waals surface area contributed by atoms with Crippen LogP contribution in [0.4, 0.5) is 0 Å². The maximum absolute atomic E-state index is 11.5. The Labute approximate surface area is 152 Å². The van der Waals surface area contributed by atoms with Gasteiger partial charge in [-0.05, 0) is 55.7 Å².